The molecule has 4 nitrogen and oxygen atoms in total. The number of ether oxygens (including phenoxy) is 1. The second-order valence-electron chi connectivity index (χ2n) is 7.16. The molecule has 0 bridgehead atoms. The lowest BCUT2D eigenvalue weighted by Gasteiger charge is -2.25. The van der Waals surface area contributed by atoms with Gasteiger partial charge in [-0.25, -0.2) is 0 Å². The van der Waals surface area contributed by atoms with Gasteiger partial charge in [0.2, 0.25) is 0 Å². The number of benzene rings is 1. The van der Waals surface area contributed by atoms with Crippen LogP contribution in [0.5, 0.6) is 5.75 Å². The van der Waals surface area contributed by atoms with Gasteiger partial charge < -0.3 is 15.4 Å². The van der Waals surface area contributed by atoms with Crippen LogP contribution < -0.4 is 15.4 Å². The Morgan fingerprint density at radius 3 is 2.52 bits per heavy atom. The molecule has 140 valence electrons. The summed E-state index contributed by atoms with van der Waals surface area (Å²) in [6.07, 6.45) is 5.01. The molecule has 0 amide bonds. The van der Waals surface area contributed by atoms with Gasteiger partial charge in [-0.15, -0.1) is 24.0 Å². The monoisotopic (exact) mass is 475 g/mol. The zero-order chi connectivity index (χ0) is 17.0. The van der Waals surface area contributed by atoms with Crippen LogP contribution in [0.3, 0.4) is 0 Å². The average Bonchev–Trinajstić information content (AvgIpc) is 3.28. The molecule has 1 aromatic rings. The van der Waals surface area contributed by atoms with Crippen molar-refractivity contribution in [3.8, 4) is 5.75 Å². The average molecular weight is 475 g/mol. The first-order valence-electron chi connectivity index (χ1n) is 8.83. The lowest BCUT2D eigenvalue weighted by Crippen LogP contribution is -2.45. The SMILES string of the molecule is CN=C(NCC1(C)CCCS1)NCC1(c2ccccc2OC)CC1.I. The number of nitrogens with one attached hydrogen (secondary N) is 2. The van der Waals surface area contributed by atoms with E-state index in [2.05, 4.69) is 52.5 Å². The van der Waals surface area contributed by atoms with E-state index in [0.717, 1.165) is 24.8 Å². The topological polar surface area (TPSA) is 45.7 Å². The lowest BCUT2D eigenvalue weighted by molar-refractivity contribution is 0.403. The van der Waals surface area contributed by atoms with Crippen LogP contribution in [0.4, 0.5) is 0 Å². The van der Waals surface area contributed by atoms with E-state index in [-0.39, 0.29) is 29.4 Å². The Morgan fingerprint density at radius 2 is 1.92 bits per heavy atom. The number of aliphatic imine (C=N–C) groups is 1. The van der Waals surface area contributed by atoms with Crippen molar-refractivity contribution in [3.63, 3.8) is 0 Å². The Hall–Kier alpha value is -0.630. The molecule has 1 aliphatic heterocycles. The van der Waals surface area contributed by atoms with E-state index in [1.54, 1.807) is 7.11 Å². The summed E-state index contributed by atoms with van der Waals surface area (Å²) in [6.45, 7) is 4.22. The highest BCUT2D eigenvalue weighted by Crippen LogP contribution is 2.50. The number of para-hydroxylation sites is 1. The van der Waals surface area contributed by atoms with Gasteiger partial charge in [0, 0.05) is 35.9 Å². The lowest BCUT2D eigenvalue weighted by atomic mass is 9.95. The van der Waals surface area contributed by atoms with E-state index < -0.39 is 0 Å². The van der Waals surface area contributed by atoms with Gasteiger partial charge in [-0.1, -0.05) is 18.2 Å². The number of hydrogen-bond donors (Lipinski definition) is 2. The van der Waals surface area contributed by atoms with Gasteiger partial charge in [0.15, 0.2) is 5.96 Å². The molecule has 1 aliphatic carbocycles. The van der Waals surface area contributed by atoms with Crippen LogP contribution in [0.1, 0.15) is 38.2 Å². The van der Waals surface area contributed by atoms with Crippen molar-refractivity contribution >= 4 is 41.7 Å². The van der Waals surface area contributed by atoms with Crippen molar-refractivity contribution in [1.82, 2.24) is 10.6 Å². The Balaban J connectivity index is 0.00000225. The Morgan fingerprint density at radius 1 is 1.20 bits per heavy atom. The van der Waals surface area contributed by atoms with E-state index in [9.17, 15) is 0 Å². The quantitative estimate of drug-likeness (QED) is 0.374. The number of nitrogens with zero attached hydrogens (tertiary/aromatic N) is 1. The van der Waals surface area contributed by atoms with E-state index in [1.807, 2.05) is 13.1 Å². The summed E-state index contributed by atoms with van der Waals surface area (Å²) in [7, 11) is 3.60. The van der Waals surface area contributed by atoms with Crippen LogP contribution in [0.15, 0.2) is 29.3 Å². The standard InChI is InChI=1S/C19H29N3OS.HI/c1-18(9-6-12-24-18)13-21-17(20-2)22-14-19(10-11-19)15-7-4-5-8-16(15)23-3;/h4-5,7-8H,6,9-14H2,1-3H3,(H2,20,21,22);1H. The molecule has 2 aliphatic rings. The summed E-state index contributed by atoms with van der Waals surface area (Å²) in [4.78, 5) is 4.40. The molecular formula is C19H30IN3OS. The number of hydrogen-bond acceptors (Lipinski definition) is 3. The predicted molar refractivity (Wildman–Crippen MR) is 119 cm³/mol. The van der Waals surface area contributed by atoms with Crippen molar-refractivity contribution in [1.29, 1.82) is 0 Å². The highest BCUT2D eigenvalue weighted by atomic mass is 127. The number of guanidine groups is 1. The predicted octanol–water partition coefficient (Wildman–Crippen LogP) is 3.80. The fourth-order valence-electron chi connectivity index (χ4n) is 3.50. The van der Waals surface area contributed by atoms with Crippen molar-refractivity contribution in [2.24, 2.45) is 4.99 Å². The molecule has 25 heavy (non-hydrogen) atoms. The van der Waals surface area contributed by atoms with Crippen molar-refractivity contribution in [2.45, 2.75) is 42.8 Å². The Kier molecular flexibility index (Phi) is 7.31. The molecule has 1 atom stereocenters. The molecule has 0 radical (unpaired) electrons. The van der Waals surface area contributed by atoms with Gasteiger partial charge in [-0.3, -0.25) is 4.99 Å². The van der Waals surface area contributed by atoms with Crippen molar-refractivity contribution in [2.75, 3.05) is 33.0 Å². The van der Waals surface area contributed by atoms with Crippen LogP contribution in [0.2, 0.25) is 0 Å². The molecule has 1 saturated carbocycles. The first-order valence-corrected chi connectivity index (χ1v) is 9.81. The minimum atomic E-state index is 0. The van der Waals surface area contributed by atoms with Crippen LogP contribution in [0.25, 0.3) is 0 Å². The van der Waals surface area contributed by atoms with Crippen LogP contribution >= 0.6 is 35.7 Å². The van der Waals surface area contributed by atoms with E-state index in [0.29, 0.717) is 4.75 Å². The molecule has 1 saturated heterocycles. The van der Waals surface area contributed by atoms with Crippen LogP contribution in [-0.4, -0.2) is 43.7 Å². The van der Waals surface area contributed by atoms with Gasteiger partial charge in [0.05, 0.1) is 7.11 Å². The number of methoxy groups -OCH3 is 1. The Labute approximate surface area is 173 Å². The van der Waals surface area contributed by atoms with Gasteiger partial charge in [0.1, 0.15) is 5.75 Å². The normalized spacial score (nSPS) is 24.4. The molecule has 1 aromatic carbocycles. The molecule has 1 heterocycles. The first-order chi connectivity index (χ1) is 11.6. The second-order valence-corrected chi connectivity index (χ2v) is 8.84. The molecule has 2 fully saturated rings. The zero-order valence-electron chi connectivity index (χ0n) is 15.4. The summed E-state index contributed by atoms with van der Waals surface area (Å²) >= 11 is 2.07. The maximum absolute atomic E-state index is 5.56. The highest BCUT2D eigenvalue weighted by molar-refractivity contribution is 14.0. The summed E-state index contributed by atoms with van der Waals surface area (Å²) in [6, 6.07) is 8.38. The molecular weight excluding hydrogens is 445 g/mol. The van der Waals surface area contributed by atoms with Crippen molar-refractivity contribution < 1.29 is 4.74 Å². The second kappa shape index (κ2) is 8.84. The van der Waals surface area contributed by atoms with E-state index >= 15 is 0 Å². The molecule has 0 aromatic heterocycles. The smallest absolute Gasteiger partial charge is 0.191 e. The Bertz CT molecular complexity index is 598. The number of halogens is 1. The third-order valence-corrected chi connectivity index (χ3v) is 6.82. The van der Waals surface area contributed by atoms with Crippen LogP contribution in [0, 0.1) is 0 Å². The van der Waals surface area contributed by atoms with Crippen molar-refractivity contribution in [3.05, 3.63) is 29.8 Å². The summed E-state index contributed by atoms with van der Waals surface area (Å²) in [5, 5.41) is 7.06. The van der Waals surface area contributed by atoms with Gasteiger partial charge in [-0.2, -0.15) is 11.8 Å². The third-order valence-electron chi connectivity index (χ3n) is 5.28. The van der Waals surface area contributed by atoms with Gasteiger partial charge >= 0.3 is 0 Å². The molecule has 0 spiro atoms. The minimum absolute atomic E-state index is 0. The van der Waals surface area contributed by atoms with E-state index in [4.69, 9.17) is 4.74 Å². The maximum Gasteiger partial charge on any atom is 0.191 e. The van der Waals surface area contributed by atoms with Crippen LogP contribution in [-0.2, 0) is 5.41 Å². The minimum Gasteiger partial charge on any atom is -0.496 e. The van der Waals surface area contributed by atoms with E-state index in [1.165, 1.54) is 37.0 Å². The third kappa shape index (κ3) is 4.96. The number of thioether (sulfide) groups is 1. The molecule has 1 unspecified atom stereocenters. The fraction of sp³-hybridized carbons (Fsp3) is 0.632. The molecule has 3 rings (SSSR count). The first kappa shape index (κ1) is 20.7. The largest absolute Gasteiger partial charge is 0.496 e. The number of rotatable bonds is 6. The molecule has 6 heteroatoms. The summed E-state index contributed by atoms with van der Waals surface area (Å²) in [5.41, 5.74) is 1.50. The fourth-order valence-corrected chi connectivity index (χ4v) is 4.74. The van der Waals surface area contributed by atoms with Gasteiger partial charge in [-0.05, 0) is 44.4 Å². The molecule has 2 N–H and O–H groups in total. The highest BCUT2D eigenvalue weighted by Gasteiger charge is 2.46. The maximum atomic E-state index is 5.56. The zero-order valence-corrected chi connectivity index (χ0v) is 18.6. The summed E-state index contributed by atoms with van der Waals surface area (Å²) < 4.78 is 5.90. The van der Waals surface area contributed by atoms with Gasteiger partial charge in [0.25, 0.3) is 0 Å². The summed E-state index contributed by atoms with van der Waals surface area (Å²) in [5.74, 6) is 3.18.